The van der Waals surface area contributed by atoms with Crippen molar-refractivity contribution >= 4 is 6.21 Å². The SMILES string of the molecule is O/N=C/c1cc[nH+]cc1. The standard InChI is InChI=1S/C6H6N2O/c9-8-5-6-1-3-7-4-2-6/h1-5,9H/p+1/b8-5+. The fraction of sp³-hybridized carbons (Fsp3) is 0. The fourth-order valence-corrected chi connectivity index (χ4v) is 0.553. The maximum atomic E-state index is 8.08. The van der Waals surface area contributed by atoms with Crippen molar-refractivity contribution in [3.05, 3.63) is 30.1 Å². The van der Waals surface area contributed by atoms with E-state index in [1.807, 2.05) is 0 Å². The van der Waals surface area contributed by atoms with Crippen LogP contribution in [0, 0.1) is 0 Å². The molecule has 0 radical (unpaired) electrons. The minimum absolute atomic E-state index is 0.872. The van der Waals surface area contributed by atoms with Gasteiger partial charge in [-0.3, -0.25) is 0 Å². The van der Waals surface area contributed by atoms with Crippen LogP contribution < -0.4 is 4.98 Å². The van der Waals surface area contributed by atoms with Crippen LogP contribution >= 0.6 is 0 Å². The molecule has 0 saturated heterocycles. The van der Waals surface area contributed by atoms with Crippen molar-refractivity contribution in [3.63, 3.8) is 0 Å². The summed E-state index contributed by atoms with van der Waals surface area (Å²) in [6.45, 7) is 0. The fourth-order valence-electron chi connectivity index (χ4n) is 0.553. The van der Waals surface area contributed by atoms with E-state index in [0.717, 1.165) is 5.56 Å². The van der Waals surface area contributed by atoms with Gasteiger partial charge in [-0.1, -0.05) is 5.16 Å². The predicted molar refractivity (Wildman–Crippen MR) is 32.4 cm³/mol. The number of nitrogens with one attached hydrogen (secondary N) is 1. The summed E-state index contributed by atoms with van der Waals surface area (Å²) < 4.78 is 0. The van der Waals surface area contributed by atoms with Crippen LogP contribution in [0.25, 0.3) is 0 Å². The van der Waals surface area contributed by atoms with Gasteiger partial charge >= 0.3 is 0 Å². The Balaban J connectivity index is 2.85. The summed E-state index contributed by atoms with van der Waals surface area (Å²) in [6.07, 6.45) is 4.89. The molecule has 0 amide bonds. The van der Waals surface area contributed by atoms with Gasteiger partial charge in [0.25, 0.3) is 0 Å². The van der Waals surface area contributed by atoms with E-state index in [1.165, 1.54) is 6.21 Å². The molecule has 3 heteroatoms. The van der Waals surface area contributed by atoms with Gasteiger partial charge in [-0.2, -0.15) is 0 Å². The maximum absolute atomic E-state index is 8.08. The highest BCUT2D eigenvalue weighted by Crippen LogP contribution is 1.86. The third-order valence-electron chi connectivity index (χ3n) is 0.951. The van der Waals surface area contributed by atoms with Gasteiger partial charge in [0.1, 0.15) is 0 Å². The van der Waals surface area contributed by atoms with Crippen LogP contribution in [0.15, 0.2) is 29.7 Å². The van der Waals surface area contributed by atoms with Crippen LogP contribution in [-0.4, -0.2) is 11.4 Å². The second-order valence-electron chi connectivity index (χ2n) is 1.58. The minimum Gasteiger partial charge on any atom is -0.411 e. The Labute approximate surface area is 52.7 Å². The number of nitrogens with zero attached hydrogens (tertiary/aromatic N) is 1. The maximum Gasteiger partial charge on any atom is 0.167 e. The number of hydrogen-bond donors (Lipinski definition) is 1. The van der Waals surface area contributed by atoms with Gasteiger partial charge in [0.05, 0.1) is 6.21 Å². The van der Waals surface area contributed by atoms with Gasteiger partial charge in [-0.05, 0) is 0 Å². The van der Waals surface area contributed by atoms with Crippen molar-refractivity contribution < 1.29 is 10.2 Å². The third-order valence-corrected chi connectivity index (χ3v) is 0.951. The number of hydrogen-bond acceptors (Lipinski definition) is 2. The van der Waals surface area contributed by atoms with E-state index in [2.05, 4.69) is 10.1 Å². The molecule has 0 aliphatic rings. The second kappa shape index (κ2) is 2.81. The van der Waals surface area contributed by atoms with E-state index < -0.39 is 0 Å². The lowest BCUT2D eigenvalue weighted by atomic mass is 10.3. The quantitative estimate of drug-likeness (QED) is 0.326. The van der Waals surface area contributed by atoms with Gasteiger partial charge in [0, 0.05) is 17.7 Å². The Morgan fingerprint density at radius 1 is 1.44 bits per heavy atom. The lowest BCUT2D eigenvalue weighted by molar-refractivity contribution is -0.378. The Morgan fingerprint density at radius 2 is 2.11 bits per heavy atom. The molecule has 0 bridgehead atoms. The lowest BCUT2D eigenvalue weighted by Gasteiger charge is -1.80. The van der Waals surface area contributed by atoms with Gasteiger partial charge in [0.2, 0.25) is 0 Å². The zero-order valence-corrected chi connectivity index (χ0v) is 4.78. The van der Waals surface area contributed by atoms with Crippen LogP contribution in [0.4, 0.5) is 0 Å². The Hall–Kier alpha value is -1.38. The van der Waals surface area contributed by atoms with E-state index in [0.29, 0.717) is 0 Å². The van der Waals surface area contributed by atoms with Crippen molar-refractivity contribution in [2.24, 2.45) is 5.16 Å². The molecule has 0 unspecified atom stereocenters. The van der Waals surface area contributed by atoms with Crippen LogP contribution in [0.3, 0.4) is 0 Å². The number of pyridine rings is 1. The largest absolute Gasteiger partial charge is 0.411 e. The molecule has 1 aromatic rings. The summed E-state index contributed by atoms with van der Waals surface area (Å²) in [5.74, 6) is 0. The Morgan fingerprint density at radius 3 is 2.67 bits per heavy atom. The van der Waals surface area contributed by atoms with E-state index in [9.17, 15) is 0 Å². The van der Waals surface area contributed by atoms with E-state index in [1.54, 1.807) is 24.5 Å². The summed E-state index contributed by atoms with van der Waals surface area (Å²) in [5.41, 5.74) is 0.872. The summed E-state index contributed by atoms with van der Waals surface area (Å²) >= 11 is 0. The minimum atomic E-state index is 0.872. The first kappa shape index (κ1) is 5.75. The summed E-state index contributed by atoms with van der Waals surface area (Å²) in [5, 5.41) is 10.9. The molecular formula is C6H7N2O+. The molecule has 46 valence electrons. The van der Waals surface area contributed by atoms with Gasteiger partial charge < -0.3 is 5.21 Å². The molecule has 1 aromatic heterocycles. The molecule has 0 aromatic carbocycles. The molecule has 9 heavy (non-hydrogen) atoms. The highest BCUT2D eigenvalue weighted by molar-refractivity contribution is 5.78. The predicted octanol–water partition coefficient (Wildman–Crippen LogP) is 0.309. The summed E-state index contributed by atoms with van der Waals surface area (Å²) in [6, 6.07) is 3.61. The number of aromatic nitrogens is 1. The van der Waals surface area contributed by atoms with E-state index >= 15 is 0 Å². The highest BCUT2D eigenvalue weighted by atomic mass is 16.4. The number of aromatic amines is 1. The molecule has 3 nitrogen and oxygen atoms in total. The average Bonchev–Trinajstić information content (AvgIpc) is 1.91. The highest BCUT2D eigenvalue weighted by Gasteiger charge is 1.84. The summed E-state index contributed by atoms with van der Waals surface area (Å²) in [4.78, 5) is 2.85. The second-order valence-corrected chi connectivity index (χ2v) is 1.58. The molecule has 0 aliphatic heterocycles. The first-order valence-corrected chi connectivity index (χ1v) is 2.57. The third kappa shape index (κ3) is 1.53. The average molecular weight is 123 g/mol. The number of rotatable bonds is 1. The molecule has 1 heterocycles. The smallest absolute Gasteiger partial charge is 0.167 e. The normalized spacial score (nSPS) is 10.2. The number of H-pyrrole nitrogens is 1. The van der Waals surface area contributed by atoms with Crippen molar-refractivity contribution in [1.29, 1.82) is 0 Å². The molecule has 0 aliphatic carbocycles. The topological polar surface area (TPSA) is 46.7 Å². The monoisotopic (exact) mass is 123 g/mol. The van der Waals surface area contributed by atoms with Crippen molar-refractivity contribution in [1.82, 2.24) is 0 Å². The van der Waals surface area contributed by atoms with Gasteiger partial charge in [0.15, 0.2) is 12.4 Å². The zero-order valence-electron chi connectivity index (χ0n) is 4.78. The van der Waals surface area contributed by atoms with Crippen LogP contribution in [-0.2, 0) is 0 Å². The molecule has 1 rings (SSSR count). The Bertz CT molecular complexity index is 195. The molecule has 2 N–H and O–H groups in total. The molecule has 0 fully saturated rings. The first-order valence-electron chi connectivity index (χ1n) is 2.57. The Kier molecular flexibility index (Phi) is 1.80. The number of oxime groups is 1. The van der Waals surface area contributed by atoms with Crippen LogP contribution in [0.5, 0.6) is 0 Å². The van der Waals surface area contributed by atoms with Crippen molar-refractivity contribution in [2.45, 2.75) is 0 Å². The van der Waals surface area contributed by atoms with Crippen LogP contribution in [0.1, 0.15) is 5.56 Å². The van der Waals surface area contributed by atoms with Crippen molar-refractivity contribution in [3.8, 4) is 0 Å². The molecule has 0 saturated carbocycles. The van der Waals surface area contributed by atoms with E-state index in [4.69, 9.17) is 5.21 Å². The molecular weight excluding hydrogens is 116 g/mol. The summed E-state index contributed by atoms with van der Waals surface area (Å²) in [7, 11) is 0. The van der Waals surface area contributed by atoms with Crippen molar-refractivity contribution in [2.75, 3.05) is 0 Å². The molecule has 0 spiro atoms. The van der Waals surface area contributed by atoms with Gasteiger partial charge in [-0.25, -0.2) is 4.98 Å². The molecule has 0 atom stereocenters. The zero-order chi connectivity index (χ0) is 6.53. The lowest BCUT2D eigenvalue weighted by Crippen LogP contribution is -1.97. The van der Waals surface area contributed by atoms with E-state index in [-0.39, 0.29) is 0 Å². The van der Waals surface area contributed by atoms with Crippen LogP contribution in [0.2, 0.25) is 0 Å². The van der Waals surface area contributed by atoms with Gasteiger partial charge in [-0.15, -0.1) is 0 Å². The first-order chi connectivity index (χ1) is 4.43.